The first kappa shape index (κ1) is 11.1. The maximum absolute atomic E-state index is 11.2. The predicted octanol–water partition coefficient (Wildman–Crippen LogP) is 1.41. The second kappa shape index (κ2) is 4.24. The summed E-state index contributed by atoms with van der Waals surface area (Å²) in [7, 11) is 0. The van der Waals surface area contributed by atoms with Crippen LogP contribution in [0.3, 0.4) is 0 Å². The Labute approximate surface area is 73.1 Å². The van der Waals surface area contributed by atoms with Crippen LogP contribution in [0.15, 0.2) is 0 Å². The molecule has 0 aromatic rings. The molecule has 3 heteroatoms. The molecule has 70 valence electrons. The van der Waals surface area contributed by atoms with Crippen molar-refractivity contribution >= 4 is 12.3 Å². The lowest BCUT2D eigenvalue weighted by molar-refractivity contribution is -0.152. The second-order valence-corrected chi connectivity index (χ2v) is 3.41. The smallest absolute Gasteiger partial charge is 0.309 e. The Morgan fingerprint density at radius 1 is 1.58 bits per heavy atom. The largest absolute Gasteiger partial charge is 0.466 e. The lowest BCUT2D eigenvalue weighted by Crippen LogP contribution is -2.31. The van der Waals surface area contributed by atoms with E-state index in [1.165, 1.54) is 0 Å². The van der Waals surface area contributed by atoms with E-state index in [1.54, 1.807) is 27.7 Å². The van der Waals surface area contributed by atoms with E-state index >= 15 is 0 Å². The zero-order valence-electron chi connectivity index (χ0n) is 8.09. The zero-order chi connectivity index (χ0) is 9.78. The molecule has 12 heavy (non-hydrogen) atoms. The van der Waals surface area contributed by atoms with E-state index in [9.17, 15) is 9.59 Å². The number of hydrogen-bond acceptors (Lipinski definition) is 3. The predicted molar refractivity (Wildman–Crippen MR) is 45.6 cm³/mol. The van der Waals surface area contributed by atoms with E-state index < -0.39 is 5.41 Å². The second-order valence-electron chi connectivity index (χ2n) is 3.41. The van der Waals surface area contributed by atoms with Gasteiger partial charge in [0.2, 0.25) is 0 Å². The van der Waals surface area contributed by atoms with Gasteiger partial charge in [0.1, 0.15) is 6.29 Å². The van der Waals surface area contributed by atoms with Crippen molar-refractivity contribution in [1.29, 1.82) is 0 Å². The molecule has 0 rings (SSSR count). The Balaban J connectivity index is 4.27. The molecule has 0 saturated heterocycles. The average Bonchev–Trinajstić information content (AvgIpc) is 2.03. The molecule has 3 nitrogen and oxygen atoms in total. The van der Waals surface area contributed by atoms with Crippen molar-refractivity contribution in [3.63, 3.8) is 0 Å². The lowest BCUT2D eigenvalue weighted by atomic mass is 9.81. The Morgan fingerprint density at radius 2 is 2.08 bits per heavy atom. The van der Waals surface area contributed by atoms with Gasteiger partial charge >= 0.3 is 5.97 Å². The van der Waals surface area contributed by atoms with E-state index in [0.29, 0.717) is 6.61 Å². The van der Waals surface area contributed by atoms with Crippen LogP contribution in [-0.4, -0.2) is 18.9 Å². The number of aldehydes is 1. The van der Waals surface area contributed by atoms with Crippen LogP contribution in [0.4, 0.5) is 0 Å². The van der Waals surface area contributed by atoms with Crippen LogP contribution in [0.25, 0.3) is 0 Å². The van der Waals surface area contributed by atoms with Crippen molar-refractivity contribution in [3.8, 4) is 0 Å². The number of rotatable bonds is 4. The highest BCUT2D eigenvalue weighted by Crippen LogP contribution is 2.24. The minimum atomic E-state index is -0.633. The highest BCUT2D eigenvalue weighted by atomic mass is 16.5. The summed E-state index contributed by atoms with van der Waals surface area (Å²) in [4.78, 5) is 21.7. The number of ether oxygens (including phenoxy) is 1. The normalized spacial score (nSPS) is 13.7. The van der Waals surface area contributed by atoms with Gasteiger partial charge in [-0.05, 0) is 6.92 Å². The maximum Gasteiger partial charge on any atom is 0.309 e. The molecule has 1 unspecified atom stereocenters. The molecule has 0 aliphatic heterocycles. The highest BCUT2D eigenvalue weighted by molar-refractivity contribution is 5.78. The van der Waals surface area contributed by atoms with Crippen LogP contribution >= 0.6 is 0 Å². The van der Waals surface area contributed by atoms with Gasteiger partial charge in [0, 0.05) is 5.41 Å². The first-order valence-corrected chi connectivity index (χ1v) is 4.08. The van der Waals surface area contributed by atoms with Gasteiger partial charge in [0.15, 0.2) is 0 Å². The van der Waals surface area contributed by atoms with Crippen molar-refractivity contribution in [3.05, 3.63) is 0 Å². The summed E-state index contributed by atoms with van der Waals surface area (Å²) in [5, 5.41) is 0. The van der Waals surface area contributed by atoms with Gasteiger partial charge < -0.3 is 9.53 Å². The topological polar surface area (TPSA) is 43.4 Å². The van der Waals surface area contributed by atoms with Crippen LogP contribution in [-0.2, 0) is 14.3 Å². The van der Waals surface area contributed by atoms with Gasteiger partial charge in [0.25, 0.3) is 0 Å². The molecule has 0 amide bonds. The van der Waals surface area contributed by atoms with Gasteiger partial charge in [0.05, 0.1) is 12.5 Å². The molecule has 0 aliphatic rings. The summed E-state index contributed by atoms with van der Waals surface area (Å²) in [6.45, 7) is 7.26. The molecule has 0 aromatic carbocycles. The molecule has 1 atom stereocenters. The summed E-state index contributed by atoms with van der Waals surface area (Å²) >= 11 is 0. The van der Waals surface area contributed by atoms with Crippen molar-refractivity contribution in [2.24, 2.45) is 11.3 Å². The molecule has 0 bridgehead atoms. The monoisotopic (exact) mass is 172 g/mol. The average molecular weight is 172 g/mol. The molecule has 0 aromatic heterocycles. The number of esters is 1. The third kappa shape index (κ3) is 2.64. The summed E-state index contributed by atoms with van der Waals surface area (Å²) < 4.78 is 4.79. The van der Waals surface area contributed by atoms with Gasteiger partial charge in [-0.1, -0.05) is 20.8 Å². The molecule has 0 N–H and O–H groups in total. The van der Waals surface area contributed by atoms with Crippen molar-refractivity contribution < 1.29 is 14.3 Å². The van der Waals surface area contributed by atoms with Gasteiger partial charge in [-0.25, -0.2) is 0 Å². The van der Waals surface area contributed by atoms with Crippen molar-refractivity contribution in [2.75, 3.05) is 6.61 Å². The fourth-order valence-corrected chi connectivity index (χ4v) is 0.673. The fourth-order valence-electron chi connectivity index (χ4n) is 0.673. The van der Waals surface area contributed by atoms with Crippen LogP contribution in [0.2, 0.25) is 0 Å². The van der Waals surface area contributed by atoms with Gasteiger partial charge in [-0.2, -0.15) is 0 Å². The molecule has 0 radical (unpaired) electrons. The molecule has 0 heterocycles. The minimum absolute atomic E-state index is 0.311. The Hall–Kier alpha value is -0.860. The Morgan fingerprint density at radius 3 is 2.42 bits per heavy atom. The van der Waals surface area contributed by atoms with E-state index in [4.69, 9.17) is 4.74 Å². The van der Waals surface area contributed by atoms with Crippen LogP contribution in [0.1, 0.15) is 27.7 Å². The summed E-state index contributed by atoms with van der Waals surface area (Å²) in [6.07, 6.45) is 0.786. The van der Waals surface area contributed by atoms with Crippen LogP contribution < -0.4 is 0 Å². The van der Waals surface area contributed by atoms with Gasteiger partial charge in [-0.15, -0.1) is 0 Å². The minimum Gasteiger partial charge on any atom is -0.466 e. The maximum atomic E-state index is 11.2. The third-order valence-electron chi connectivity index (χ3n) is 2.06. The summed E-state index contributed by atoms with van der Waals surface area (Å²) in [5.41, 5.74) is -0.633. The highest BCUT2D eigenvalue weighted by Gasteiger charge is 2.31. The Kier molecular flexibility index (Phi) is 3.93. The first-order valence-electron chi connectivity index (χ1n) is 4.08. The van der Waals surface area contributed by atoms with E-state index in [1.807, 2.05) is 0 Å². The fraction of sp³-hybridized carbons (Fsp3) is 0.778. The van der Waals surface area contributed by atoms with Gasteiger partial charge in [-0.3, -0.25) is 4.79 Å². The van der Waals surface area contributed by atoms with E-state index in [0.717, 1.165) is 6.29 Å². The van der Waals surface area contributed by atoms with E-state index in [2.05, 4.69) is 0 Å². The molecule has 0 saturated carbocycles. The van der Waals surface area contributed by atoms with Crippen molar-refractivity contribution in [1.82, 2.24) is 0 Å². The lowest BCUT2D eigenvalue weighted by Gasteiger charge is -2.23. The molecule has 0 aliphatic carbocycles. The zero-order valence-corrected chi connectivity index (χ0v) is 8.09. The first-order chi connectivity index (χ1) is 5.45. The van der Waals surface area contributed by atoms with E-state index in [-0.39, 0.29) is 11.9 Å². The summed E-state index contributed by atoms with van der Waals surface area (Å²) in [6, 6.07) is 0. The SMILES string of the molecule is CCOC(=O)C(C)C(C)(C)C=O. The third-order valence-corrected chi connectivity index (χ3v) is 2.06. The van der Waals surface area contributed by atoms with Crippen molar-refractivity contribution in [2.45, 2.75) is 27.7 Å². The standard InChI is InChI=1S/C9H16O3/c1-5-12-8(11)7(2)9(3,4)6-10/h6-7H,5H2,1-4H3. The number of carbonyl (C=O) groups is 2. The molecular formula is C9H16O3. The quantitative estimate of drug-likeness (QED) is 0.475. The molecule has 0 spiro atoms. The molecular weight excluding hydrogens is 156 g/mol. The number of carbonyl (C=O) groups excluding carboxylic acids is 2. The van der Waals surface area contributed by atoms with Crippen LogP contribution in [0, 0.1) is 11.3 Å². The Bertz CT molecular complexity index is 173. The number of hydrogen-bond donors (Lipinski definition) is 0. The summed E-state index contributed by atoms with van der Waals surface area (Å²) in [5.74, 6) is -0.690. The van der Waals surface area contributed by atoms with Crippen LogP contribution in [0.5, 0.6) is 0 Å². The molecule has 0 fully saturated rings.